The van der Waals surface area contributed by atoms with Crippen molar-refractivity contribution < 1.29 is 10.0 Å². The summed E-state index contributed by atoms with van der Waals surface area (Å²) < 4.78 is 0. The Kier molecular flexibility index (Phi) is 5.50. The number of carbonyl (C=O) groups excluding carboxylic acids is 1. The van der Waals surface area contributed by atoms with E-state index in [1.54, 1.807) is 12.1 Å². The van der Waals surface area contributed by atoms with Crippen LogP contribution in [-0.2, 0) is 0 Å². The van der Waals surface area contributed by atoms with E-state index in [4.69, 9.17) is 10.9 Å². The molecule has 1 unspecified atom stereocenters. The van der Waals surface area contributed by atoms with Crippen molar-refractivity contribution in [1.82, 2.24) is 10.6 Å². The number of hydrogen-bond acceptors (Lipinski definition) is 3. The molecule has 0 aromatic heterocycles. The summed E-state index contributed by atoms with van der Waals surface area (Å²) in [7, 11) is 0. The molecule has 18 heavy (non-hydrogen) atoms. The molecule has 2 amide bonds. The van der Waals surface area contributed by atoms with Crippen LogP contribution in [0.4, 0.5) is 4.79 Å². The number of oxime groups is 1. The van der Waals surface area contributed by atoms with Gasteiger partial charge in [0.2, 0.25) is 0 Å². The second kappa shape index (κ2) is 7.16. The fourth-order valence-corrected chi connectivity index (χ4v) is 1.45. The second-order valence-electron chi connectivity index (χ2n) is 3.77. The molecular weight excluding hydrogens is 232 g/mol. The van der Waals surface area contributed by atoms with Crippen LogP contribution < -0.4 is 16.4 Å². The van der Waals surface area contributed by atoms with Crippen LogP contribution in [0.2, 0.25) is 0 Å². The Labute approximate surface area is 106 Å². The number of nitrogens with one attached hydrogen (secondary N) is 2. The Hall–Kier alpha value is -2.24. The van der Waals surface area contributed by atoms with Crippen LogP contribution in [0.1, 0.15) is 24.9 Å². The smallest absolute Gasteiger partial charge is 0.315 e. The van der Waals surface area contributed by atoms with Crippen LogP contribution in [0.25, 0.3) is 0 Å². The highest BCUT2D eigenvalue weighted by Crippen LogP contribution is 2.12. The third-order valence-corrected chi connectivity index (χ3v) is 2.36. The average molecular weight is 250 g/mol. The Morgan fingerprint density at radius 1 is 1.44 bits per heavy atom. The number of rotatable bonds is 5. The molecule has 1 aromatic carbocycles. The number of nitrogens with zero attached hydrogens (tertiary/aromatic N) is 1. The molecule has 6 nitrogen and oxygen atoms in total. The van der Waals surface area contributed by atoms with E-state index in [0.717, 1.165) is 12.0 Å². The van der Waals surface area contributed by atoms with Crippen LogP contribution in [0, 0.1) is 0 Å². The van der Waals surface area contributed by atoms with Gasteiger partial charge in [-0.3, -0.25) is 0 Å². The number of amidine groups is 1. The van der Waals surface area contributed by atoms with Crippen LogP contribution in [0.3, 0.4) is 0 Å². The molecule has 5 N–H and O–H groups in total. The molecule has 1 rings (SSSR count). The lowest BCUT2D eigenvalue weighted by molar-refractivity contribution is 0.239. The molecule has 0 spiro atoms. The van der Waals surface area contributed by atoms with Gasteiger partial charge in [0.15, 0.2) is 5.84 Å². The largest absolute Gasteiger partial charge is 0.409 e. The van der Waals surface area contributed by atoms with E-state index in [-0.39, 0.29) is 11.9 Å². The lowest BCUT2D eigenvalue weighted by atomic mass is 10.1. The van der Waals surface area contributed by atoms with E-state index in [1.807, 2.05) is 25.1 Å². The van der Waals surface area contributed by atoms with Gasteiger partial charge < -0.3 is 21.6 Å². The molecule has 1 aromatic rings. The number of benzene rings is 1. The molecule has 6 heteroatoms. The van der Waals surface area contributed by atoms with Gasteiger partial charge in [-0.1, -0.05) is 42.4 Å². The van der Waals surface area contributed by atoms with E-state index in [0.29, 0.717) is 6.54 Å². The monoisotopic (exact) mass is 250 g/mol. The maximum atomic E-state index is 11.6. The SMILES string of the molecule is CCCNC(=O)NC(/C(N)=N/O)c1ccccc1. The number of carbonyl (C=O) groups is 1. The molecule has 0 fully saturated rings. The molecule has 0 bridgehead atoms. The van der Waals surface area contributed by atoms with Gasteiger partial charge in [-0.2, -0.15) is 0 Å². The van der Waals surface area contributed by atoms with E-state index in [9.17, 15) is 4.79 Å². The number of hydrogen-bond donors (Lipinski definition) is 4. The summed E-state index contributed by atoms with van der Waals surface area (Å²) in [5.41, 5.74) is 6.33. The zero-order valence-corrected chi connectivity index (χ0v) is 10.3. The van der Waals surface area contributed by atoms with Gasteiger partial charge in [0, 0.05) is 6.54 Å². The van der Waals surface area contributed by atoms with Crippen LogP contribution in [0.15, 0.2) is 35.5 Å². The first-order valence-corrected chi connectivity index (χ1v) is 5.75. The van der Waals surface area contributed by atoms with Gasteiger partial charge in [-0.25, -0.2) is 4.79 Å². The Morgan fingerprint density at radius 2 is 2.11 bits per heavy atom. The zero-order valence-electron chi connectivity index (χ0n) is 10.3. The van der Waals surface area contributed by atoms with E-state index in [2.05, 4.69) is 15.8 Å². The standard InChI is InChI=1S/C12H18N4O2/c1-2-8-14-12(17)15-10(11(13)16-18)9-6-4-3-5-7-9/h3-7,10,18H,2,8H2,1H3,(H2,13,16)(H2,14,15,17). The number of urea groups is 1. The van der Waals surface area contributed by atoms with Gasteiger partial charge in [-0.15, -0.1) is 0 Å². The molecule has 0 aliphatic heterocycles. The fraction of sp³-hybridized carbons (Fsp3) is 0.333. The van der Waals surface area contributed by atoms with Crippen molar-refractivity contribution in [2.75, 3.05) is 6.54 Å². The van der Waals surface area contributed by atoms with Crippen LogP contribution >= 0.6 is 0 Å². The second-order valence-corrected chi connectivity index (χ2v) is 3.77. The number of amides is 2. The lowest BCUT2D eigenvalue weighted by Gasteiger charge is -2.18. The summed E-state index contributed by atoms with van der Waals surface area (Å²) in [6.07, 6.45) is 0.840. The molecular formula is C12H18N4O2. The van der Waals surface area contributed by atoms with Crippen LogP contribution in [-0.4, -0.2) is 23.6 Å². The summed E-state index contributed by atoms with van der Waals surface area (Å²) in [5.74, 6) is -0.0622. The minimum Gasteiger partial charge on any atom is -0.409 e. The zero-order chi connectivity index (χ0) is 13.4. The Bertz CT molecular complexity index is 406. The summed E-state index contributed by atoms with van der Waals surface area (Å²) in [6.45, 7) is 2.53. The maximum Gasteiger partial charge on any atom is 0.315 e. The first kappa shape index (κ1) is 13.8. The van der Waals surface area contributed by atoms with E-state index >= 15 is 0 Å². The molecule has 0 radical (unpaired) electrons. The Balaban J connectivity index is 2.78. The summed E-state index contributed by atoms with van der Waals surface area (Å²) >= 11 is 0. The maximum absolute atomic E-state index is 11.6. The predicted octanol–water partition coefficient (Wildman–Crippen LogP) is 1.18. The molecule has 98 valence electrons. The predicted molar refractivity (Wildman–Crippen MR) is 69.4 cm³/mol. The lowest BCUT2D eigenvalue weighted by Crippen LogP contribution is -2.43. The van der Waals surface area contributed by atoms with Gasteiger partial charge in [0.05, 0.1) is 0 Å². The quantitative estimate of drug-likeness (QED) is 0.273. The summed E-state index contributed by atoms with van der Waals surface area (Å²) in [4.78, 5) is 11.6. The molecule has 1 atom stereocenters. The molecule has 0 saturated heterocycles. The fourth-order valence-electron chi connectivity index (χ4n) is 1.45. The first-order valence-electron chi connectivity index (χ1n) is 5.75. The first-order chi connectivity index (χ1) is 8.69. The highest BCUT2D eigenvalue weighted by atomic mass is 16.4. The minimum absolute atomic E-state index is 0.0622. The van der Waals surface area contributed by atoms with Crippen molar-refractivity contribution in [3.8, 4) is 0 Å². The van der Waals surface area contributed by atoms with Crippen molar-refractivity contribution in [2.24, 2.45) is 10.9 Å². The Morgan fingerprint density at radius 3 is 2.67 bits per heavy atom. The molecule has 0 aliphatic carbocycles. The van der Waals surface area contributed by atoms with E-state index in [1.165, 1.54) is 0 Å². The van der Waals surface area contributed by atoms with Gasteiger partial charge in [0.25, 0.3) is 0 Å². The van der Waals surface area contributed by atoms with Crippen molar-refractivity contribution >= 4 is 11.9 Å². The third kappa shape index (κ3) is 3.97. The van der Waals surface area contributed by atoms with Crippen molar-refractivity contribution in [3.05, 3.63) is 35.9 Å². The highest BCUT2D eigenvalue weighted by molar-refractivity contribution is 5.90. The van der Waals surface area contributed by atoms with Crippen LogP contribution in [0.5, 0.6) is 0 Å². The van der Waals surface area contributed by atoms with Crippen molar-refractivity contribution in [2.45, 2.75) is 19.4 Å². The van der Waals surface area contributed by atoms with Gasteiger partial charge in [0.1, 0.15) is 6.04 Å². The normalized spacial score (nSPS) is 12.8. The summed E-state index contributed by atoms with van der Waals surface area (Å²) in [5, 5.41) is 17.0. The highest BCUT2D eigenvalue weighted by Gasteiger charge is 2.18. The van der Waals surface area contributed by atoms with Gasteiger partial charge in [-0.05, 0) is 12.0 Å². The summed E-state index contributed by atoms with van der Waals surface area (Å²) in [6, 6.07) is 8.08. The molecule has 0 saturated carbocycles. The average Bonchev–Trinajstić information content (AvgIpc) is 2.42. The van der Waals surface area contributed by atoms with Gasteiger partial charge >= 0.3 is 6.03 Å². The third-order valence-electron chi connectivity index (χ3n) is 2.36. The van der Waals surface area contributed by atoms with Crippen molar-refractivity contribution in [3.63, 3.8) is 0 Å². The topological polar surface area (TPSA) is 99.7 Å². The van der Waals surface area contributed by atoms with Crippen molar-refractivity contribution in [1.29, 1.82) is 0 Å². The molecule has 0 aliphatic rings. The number of nitrogens with two attached hydrogens (primary N) is 1. The minimum atomic E-state index is -0.645. The molecule has 0 heterocycles. The van der Waals surface area contributed by atoms with E-state index < -0.39 is 6.04 Å².